The monoisotopic (exact) mass is 270 g/mol. The Labute approximate surface area is 114 Å². The summed E-state index contributed by atoms with van der Waals surface area (Å²) in [5.74, 6) is -0.472. The van der Waals surface area contributed by atoms with Gasteiger partial charge in [-0.25, -0.2) is 4.79 Å². The molecule has 5 heteroatoms. The summed E-state index contributed by atoms with van der Waals surface area (Å²) in [4.78, 5) is 23.4. The van der Waals surface area contributed by atoms with Crippen LogP contribution in [0.2, 0.25) is 0 Å². The van der Waals surface area contributed by atoms with Gasteiger partial charge < -0.3 is 16.2 Å². The molecule has 0 bridgehead atoms. The van der Waals surface area contributed by atoms with Crippen molar-refractivity contribution >= 4 is 11.9 Å². The van der Waals surface area contributed by atoms with Crippen molar-refractivity contribution in [2.45, 2.75) is 57.9 Å². The third-order valence-electron chi connectivity index (χ3n) is 3.86. The van der Waals surface area contributed by atoms with Crippen molar-refractivity contribution < 1.29 is 14.7 Å². The largest absolute Gasteiger partial charge is 0.480 e. The summed E-state index contributed by atoms with van der Waals surface area (Å²) in [6.07, 6.45) is 4.00. The summed E-state index contributed by atoms with van der Waals surface area (Å²) < 4.78 is 0. The van der Waals surface area contributed by atoms with Crippen LogP contribution < -0.4 is 11.1 Å². The van der Waals surface area contributed by atoms with Gasteiger partial charge in [0, 0.05) is 6.42 Å². The number of hydrogen-bond acceptors (Lipinski definition) is 3. The molecule has 1 unspecified atom stereocenters. The van der Waals surface area contributed by atoms with E-state index in [2.05, 4.69) is 19.2 Å². The van der Waals surface area contributed by atoms with Crippen LogP contribution >= 0.6 is 0 Å². The summed E-state index contributed by atoms with van der Waals surface area (Å²) in [7, 11) is 0. The number of aliphatic carboxylic acids is 1. The summed E-state index contributed by atoms with van der Waals surface area (Å²) in [5.41, 5.74) is 4.64. The quantitative estimate of drug-likeness (QED) is 0.654. The Kier molecular flexibility index (Phi) is 5.79. The molecule has 1 fully saturated rings. The second-order valence-corrected chi connectivity index (χ2v) is 6.08. The highest BCUT2D eigenvalue weighted by atomic mass is 16.4. The number of rotatable bonds is 7. The van der Waals surface area contributed by atoms with Crippen molar-refractivity contribution in [2.75, 3.05) is 6.54 Å². The zero-order valence-corrected chi connectivity index (χ0v) is 11.9. The standard InChI is InChI=1S/C14H26N2O3/c1-10(2)7-11(9-15)8-12(17)16-14(13(18)19)5-3-4-6-14/h10-11H,3-9,15H2,1-2H3,(H,16,17)(H,18,19). The van der Waals surface area contributed by atoms with Gasteiger partial charge in [0.05, 0.1) is 0 Å². The Hall–Kier alpha value is -1.10. The van der Waals surface area contributed by atoms with Gasteiger partial charge in [0.2, 0.25) is 5.91 Å². The number of carbonyl (C=O) groups excluding carboxylic acids is 1. The highest BCUT2D eigenvalue weighted by Crippen LogP contribution is 2.30. The van der Waals surface area contributed by atoms with Gasteiger partial charge in [-0.05, 0) is 37.6 Å². The fourth-order valence-corrected chi connectivity index (χ4v) is 2.88. The highest BCUT2D eigenvalue weighted by molar-refractivity contribution is 5.87. The molecule has 0 saturated heterocycles. The van der Waals surface area contributed by atoms with Crippen molar-refractivity contribution in [3.05, 3.63) is 0 Å². The Balaban J connectivity index is 2.55. The lowest BCUT2D eigenvalue weighted by molar-refractivity contribution is -0.147. The Morgan fingerprint density at radius 1 is 1.32 bits per heavy atom. The minimum atomic E-state index is -1.03. The summed E-state index contributed by atoms with van der Waals surface area (Å²) in [6.45, 7) is 4.65. The molecule has 1 rings (SSSR count). The molecular formula is C14H26N2O3. The molecule has 0 aliphatic heterocycles. The second kappa shape index (κ2) is 6.89. The minimum Gasteiger partial charge on any atom is -0.480 e. The maximum absolute atomic E-state index is 12.0. The first-order valence-corrected chi connectivity index (χ1v) is 7.14. The molecule has 5 nitrogen and oxygen atoms in total. The van der Waals surface area contributed by atoms with Crippen LogP contribution in [0.1, 0.15) is 52.4 Å². The van der Waals surface area contributed by atoms with Gasteiger partial charge in [-0.3, -0.25) is 4.79 Å². The predicted octanol–water partition coefficient (Wildman–Crippen LogP) is 1.51. The van der Waals surface area contributed by atoms with Crippen LogP contribution in [0.3, 0.4) is 0 Å². The molecule has 1 aliphatic rings. The Morgan fingerprint density at radius 3 is 2.32 bits per heavy atom. The third kappa shape index (κ3) is 4.49. The lowest BCUT2D eigenvalue weighted by Gasteiger charge is -2.26. The first-order valence-electron chi connectivity index (χ1n) is 7.14. The lowest BCUT2D eigenvalue weighted by Crippen LogP contribution is -2.53. The SMILES string of the molecule is CC(C)CC(CN)CC(=O)NC1(C(=O)O)CCCC1. The molecule has 19 heavy (non-hydrogen) atoms. The van der Waals surface area contributed by atoms with E-state index in [-0.39, 0.29) is 11.8 Å². The molecule has 1 amide bonds. The molecule has 1 aliphatic carbocycles. The fourth-order valence-electron chi connectivity index (χ4n) is 2.88. The molecule has 0 radical (unpaired) electrons. The molecule has 1 atom stereocenters. The normalized spacial score (nSPS) is 19.4. The number of carboxylic acid groups (broad SMARTS) is 1. The van der Waals surface area contributed by atoms with Gasteiger partial charge in [-0.2, -0.15) is 0 Å². The second-order valence-electron chi connectivity index (χ2n) is 6.08. The van der Waals surface area contributed by atoms with Crippen molar-refractivity contribution in [3.63, 3.8) is 0 Å². The number of amides is 1. The maximum atomic E-state index is 12.0. The van der Waals surface area contributed by atoms with E-state index in [0.717, 1.165) is 19.3 Å². The molecule has 0 aromatic carbocycles. The summed E-state index contributed by atoms with van der Waals surface area (Å²) in [6, 6.07) is 0. The van der Waals surface area contributed by atoms with Crippen LogP contribution in [0.25, 0.3) is 0 Å². The number of nitrogens with one attached hydrogen (secondary N) is 1. The molecule has 4 N–H and O–H groups in total. The molecule has 0 spiro atoms. The minimum absolute atomic E-state index is 0.132. The molecule has 1 saturated carbocycles. The van der Waals surface area contributed by atoms with E-state index in [9.17, 15) is 14.7 Å². The van der Waals surface area contributed by atoms with Crippen LogP contribution in [0, 0.1) is 11.8 Å². The van der Waals surface area contributed by atoms with Crippen molar-refractivity contribution in [1.82, 2.24) is 5.32 Å². The molecule has 0 aromatic rings. The van der Waals surface area contributed by atoms with Crippen molar-refractivity contribution in [2.24, 2.45) is 17.6 Å². The van der Waals surface area contributed by atoms with Gasteiger partial charge in [-0.1, -0.05) is 26.7 Å². The highest BCUT2D eigenvalue weighted by Gasteiger charge is 2.42. The van der Waals surface area contributed by atoms with E-state index < -0.39 is 11.5 Å². The first kappa shape index (κ1) is 16.0. The van der Waals surface area contributed by atoms with Gasteiger partial charge in [0.1, 0.15) is 5.54 Å². The number of carboxylic acids is 1. The summed E-state index contributed by atoms with van der Waals surface area (Å²) >= 11 is 0. The van der Waals surface area contributed by atoms with Gasteiger partial charge in [-0.15, -0.1) is 0 Å². The first-order chi connectivity index (χ1) is 8.89. The van der Waals surface area contributed by atoms with E-state index in [4.69, 9.17) is 5.73 Å². The third-order valence-corrected chi connectivity index (χ3v) is 3.86. The average molecular weight is 270 g/mol. The van der Waals surface area contributed by atoms with Crippen LogP contribution in [0.4, 0.5) is 0 Å². The smallest absolute Gasteiger partial charge is 0.329 e. The van der Waals surface area contributed by atoms with Crippen LogP contribution in [-0.2, 0) is 9.59 Å². The van der Waals surface area contributed by atoms with E-state index in [1.54, 1.807) is 0 Å². The zero-order chi connectivity index (χ0) is 14.5. The predicted molar refractivity (Wildman–Crippen MR) is 73.6 cm³/mol. The Morgan fingerprint density at radius 2 is 1.89 bits per heavy atom. The molecule has 0 aromatic heterocycles. The van der Waals surface area contributed by atoms with Crippen molar-refractivity contribution in [1.29, 1.82) is 0 Å². The van der Waals surface area contributed by atoms with E-state index in [1.807, 2.05) is 0 Å². The molecular weight excluding hydrogens is 244 g/mol. The summed E-state index contributed by atoms with van der Waals surface area (Å²) in [5, 5.41) is 12.0. The van der Waals surface area contributed by atoms with E-state index in [0.29, 0.717) is 31.7 Å². The van der Waals surface area contributed by atoms with Gasteiger partial charge in [0.25, 0.3) is 0 Å². The fraction of sp³-hybridized carbons (Fsp3) is 0.857. The lowest BCUT2D eigenvalue weighted by atomic mass is 9.92. The Bertz CT molecular complexity index is 323. The van der Waals surface area contributed by atoms with Crippen LogP contribution in [0.5, 0.6) is 0 Å². The number of nitrogens with two attached hydrogens (primary N) is 1. The number of carbonyl (C=O) groups is 2. The van der Waals surface area contributed by atoms with Crippen LogP contribution in [0.15, 0.2) is 0 Å². The average Bonchev–Trinajstić information content (AvgIpc) is 2.77. The van der Waals surface area contributed by atoms with Crippen LogP contribution in [-0.4, -0.2) is 29.1 Å². The molecule has 0 heterocycles. The molecule has 110 valence electrons. The maximum Gasteiger partial charge on any atom is 0.329 e. The van der Waals surface area contributed by atoms with Gasteiger partial charge in [0.15, 0.2) is 0 Å². The zero-order valence-electron chi connectivity index (χ0n) is 11.9. The van der Waals surface area contributed by atoms with E-state index >= 15 is 0 Å². The van der Waals surface area contributed by atoms with Gasteiger partial charge >= 0.3 is 5.97 Å². The van der Waals surface area contributed by atoms with E-state index in [1.165, 1.54) is 0 Å². The topological polar surface area (TPSA) is 92.4 Å². The van der Waals surface area contributed by atoms with Crippen molar-refractivity contribution in [3.8, 4) is 0 Å². The number of hydrogen-bond donors (Lipinski definition) is 3.